The maximum atomic E-state index is 12.7. The second-order valence-corrected chi connectivity index (χ2v) is 10.5. The molecule has 2 aromatic rings. The Hall–Kier alpha value is -2.04. The highest BCUT2D eigenvalue weighted by Crippen LogP contribution is 2.27. The largest absolute Gasteiger partial charge is 0.435 e. The number of hydrogen-bond donors (Lipinski definition) is 0. The Morgan fingerprint density at radius 3 is 2.43 bits per heavy atom. The summed E-state index contributed by atoms with van der Waals surface area (Å²) in [6.07, 6.45) is 2.89. The third-order valence-electron chi connectivity index (χ3n) is 4.87. The molecule has 0 bridgehead atoms. The lowest BCUT2D eigenvalue weighted by atomic mass is 10.2. The highest BCUT2D eigenvalue weighted by atomic mass is 32.2. The summed E-state index contributed by atoms with van der Waals surface area (Å²) >= 11 is 1.13. The van der Waals surface area contributed by atoms with Crippen molar-refractivity contribution >= 4 is 27.3 Å². The molecule has 164 valence electrons. The van der Waals surface area contributed by atoms with Crippen LogP contribution in [0.5, 0.6) is 5.75 Å². The van der Waals surface area contributed by atoms with Gasteiger partial charge in [0.2, 0.25) is 5.91 Å². The number of carbonyl (C=O) groups is 1. The average Bonchev–Trinajstić information content (AvgIpc) is 3.19. The van der Waals surface area contributed by atoms with E-state index in [9.17, 15) is 22.0 Å². The number of ether oxygens (including phenoxy) is 1. The lowest BCUT2D eigenvalue weighted by Crippen LogP contribution is -2.35. The quantitative estimate of drug-likeness (QED) is 0.605. The van der Waals surface area contributed by atoms with Crippen molar-refractivity contribution in [2.24, 2.45) is 0 Å². The summed E-state index contributed by atoms with van der Waals surface area (Å²) in [6.45, 7) is -1.50. The molecule has 0 N–H and O–H groups in total. The van der Waals surface area contributed by atoms with E-state index in [2.05, 4.69) is 4.74 Å². The molecule has 1 aliphatic rings. The SMILES string of the molecule is CN(Cc1ccc(OC(F)F)cc1)C(=O)Cc1ccc(S(=O)(=O)N2CCCCC2)s1. The van der Waals surface area contributed by atoms with Crippen molar-refractivity contribution in [2.75, 3.05) is 20.1 Å². The van der Waals surface area contributed by atoms with Gasteiger partial charge >= 0.3 is 6.61 Å². The highest BCUT2D eigenvalue weighted by Gasteiger charge is 2.27. The number of alkyl halides is 2. The number of sulfonamides is 1. The standard InChI is InChI=1S/C20H24F2N2O4S2/c1-23(14-15-5-7-16(8-6-15)28-20(21)22)18(25)13-17-9-10-19(29-17)30(26,27)24-11-3-2-4-12-24/h5-10,20H,2-4,11-14H2,1H3. The Bertz CT molecular complexity index is 955. The van der Waals surface area contributed by atoms with Gasteiger partial charge in [0.05, 0.1) is 6.42 Å². The molecular weight excluding hydrogens is 434 g/mol. The fraction of sp³-hybridized carbons (Fsp3) is 0.450. The molecule has 0 saturated carbocycles. The molecule has 10 heteroatoms. The minimum absolute atomic E-state index is 0.0590. The molecule has 0 atom stereocenters. The molecule has 30 heavy (non-hydrogen) atoms. The van der Waals surface area contributed by atoms with E-state index in [4.69, 9.17) is 0 Å². The normalized spacial score (nSPS) is 15.3. The van der Waals surface area contributed by atoms with Crippen LogP contribution < -0.4 is 4.74 Å². The molecule has 3 rings (SSSR count). The number of piperidine rings is 1. The molecule has 1 aromatic heterocycles. The Morgan fingerprint density at radius 1 is 1.13 bits per heavy atom. The number of hydrogen-bond acceptors (Lipinski definition) is 5. The molecule has 0 spiro atoms. The average molecular weight is 459 g/mol. The fourth-order valence-electron chi connectivity index (χ4n) is 3.25. The van der Waals surface area contributed by atoms with Crippen LogP contribution in [0.4, 0.5) is 8.78 Å². The predicted molar refractivity (Wildman–Crippen MR) is 110 cm³/mol. The molecule has 1 fully saturated rings. The van der Waals surface area contributed by atoms with E-state index in [1.807, 2.05) is 0 Å². The molecule has 1 aliphatic heterocycles. The molecule has 1 aromatic carbocycles. The third kappa shape index (κ3) is 5.77. The van der Waals surface area contributed by atoms with Gasteiger partial charge in [0.25, 0.3) is 10.0 Å². The van der Waals surface area contributed by atoms with Gasteiger partial charge in [-0.3, -0.25) is 4.79 Å². The molecule has 1 saturated heterocycles. The van der Waals surface area contributed by atoms with Gasteiger partial charge in [0, 0.05) is 31.6 Å². The van der Waals surface area contributed by atoms with E-state index in [0.29, 0.717) is 24.5 Å². The summed E-state index contributed by atoms with van der Waals surface area (Å²) in [5, 5.41) is 0. The van der Waals surface area contributed by atoms with Crippen molar-refractivity contribution in [1.82, 2.24) is 9.21 Å². The summed E-state index contributed by atoms with van der Waals surface area (Å²) in [4.78, 5) is 14.7. The van der Waals surface area contributed by atoms with Crippen LogP contribution in [0, 0.1) is 0 Å². The van der Waals surface area contributed by atoms with Gasteiger partial charge in [0.1, 0.15) is 9.96 Å². The fourth-order valence-corrected chi connectivity index (χ4v) is 6.26. The Labute approximate surface area is 179 Å². The topological polar surface area (TPSA) is 66.9 Å². The lowest BCUT2D eigenvalue weighted by molar-refractivity contribution is -0.129. The second kappa shape index (κ2) is 9.84. The van der Waals surface area contributed by atoms with Crippen molar-refractivity contribution < 1.29 is 26.7 Å². The molecular formula is C20H24F2N2O4S2. The van der Waals surface area contributed by atoms with Crippen molar-refractivity contribution in [3.8, 4) is 5.75 Å². The summed E-state index contributed by atoms with van der Waals surface area (Å²) in [6, 6.07) is 9.35. The van der Waals surface area contributed by atoms with E-state index in [0.717, 1.165) is 36.2 Å². The van der Waals surface area contributed by atoms with E-state index in [-0.39, 0.29) is 22.3 Å². The minimum atomic E-state index is -3.50. The first kappa shape index (κ1) is 22.6. The van der Waals surface area contributed by atoms with Gasteiger partial charge in [0.15, 0.2) is 0 Å². The van der Waals surface area contributed by atoms with Crippen LogP contribution in [0.1, 0.15) is 29.7 Å². The van der Waals surface area contributed by atoms with Gasteiger partial charge in [-0.15, -0.1) is 11.3 Å². The highest BCUT2D eigenvalue weighted by molar-refractivity contribution is 7.91. The number of thiophene rings is 1. The van der Waals surface area contributed by atoms with Crippen molar-refractivity contribution in [3.05, 3.63) is 46.8 Å². The van der Waals surface area contributed by atoms with Crippen LogP contribution in [-0.2, 0) is 27.8 Å². The minimum Gasteiger partial charge on any atom is -0.435 e. The lowest BCUT2D eigenvalue weighted by Gasteiger charge is -2.25. The van der Waals surface area contributed by atoms with Gasteiger partial charge < -0.3 is 9.64 Å². The molecule has 0 unspecified atom stereocenters. The van der Waals surface area contributed by atoms with Crippen LogP contribution >= 0.6 is 11.3 Å². The first-order valence-electron chi connectivity index (χ1n) is 9.62. The van der Waals surface area contributed by atoms with Crippen molar-refractivity contribution in [2.45, 2.75) is 43.0 Å². The van der Waals surface area contributed by atoms with Crippen LogP contribution in [0.3, 0.4) is 0 Å². The van der Waals surface area contributed by atoms with Gasteiger partial charge in [-0.25, -0.2) is 8.42 Å². The molecule has 0 aliphatic carbocycles. The van der Waals surface area contributed by atoms with Crippen LogP contribution in [0.25, 0.3) is 0 Å². The number of likely N-dealkylation sites (N-methyl/N-ethyl adjacent to an activating group) is 1. The zero-order valence-corrected chi connectivity index (χ0v) is 18.2. The number of amides is 1. The first-order valence-corrected chi connectivity index (χ1v) is 11.9. The smallest absolute Gasteiger partial charge is 0.387 e. The Balaban J connectivity index is 1.58. The van der Waals surface area contributed by atoms with Crippen molar-refractivity contribution in [3.63, 3.8) is 0 Å². The van der Waals surface area contributed by atoms with E-state index in [1.165, 1.54) is 21.3 Å². The third-order valence-corrected chi connectivity index (χ3v) is 8.32. The van der Waals surface area contributed by atoms with Crippen LogP contribution in [0.2, 0.25) is 0 Å². The number of halogens is 2. The number of carbonyl (C=O) groups excluding carboxylic acids is 1. The zero-order chi connectivity index (χ0) is 21.7. The van der Waals surface area contributed by atoms with Gasteiger partial charge in [-0.05, 0) is 42.7 Å². The summed E-state index contributed by atoms with van der Waals surface area (Å²) in [7, 11) is -1.85. The summed E-state index contributed by atoms with van der Waals surface area (Å²) < 4.78 is 56.0. The summed E-state index contributed by atoms with van der Waals surface area (Å²) in [5.74, 6) is -0.101. The maximum Gasteiger partial charge on any atom is 0.387 e. The van der Waals surface area contributed by atoms with E-state index >= 15 is 0 Å². The first-order chi connectivity index (χ1) is 14.3. The molecule has 6 nitrogen and oxygen atoms in total. The van der Waals surface area contributed by atoms with Crippen LogP contribution in [-0.4, -0.2) is 50.3 Å². The van der Waals surface area contributed by atoms with E-state index < -0.39 is 16.6 Å². The van der Waals surface area contributed by atoms with Crippen molar-refractivity contribution in [1.29, 1.82) is 0 Å². The Morgan fingerprint density at radius 2 is 1.80 bits per heavy atom. The van der Waals surface area contributed by atoms with Crippen LogP contribution in [0.15, 0.2) is 40.6 Å². The Kier molecular flexibility index (Phi) is 7.43. The maximum absolute atomic E-state index is 12.7. The second-order valence-electron chi connectivity index (χ2n) is 7.13. The van der Waals surface area contributed by atoms with E-state index in [1.54, 1.807) is 31.3 Å². The molecule has 2 heterocycles. The number of rotatable bonds is 8. The monoisotopic (exact) mass is 458 g/mol. The zero-order valence-electron chi connectivity index (χ0n) is 16.6. The number of nitrogens with zero attached hydrogens (tertiary/aromatic N) is 2. The molecule has 1 amide bonds. The van der Waals surface area contributed by atoms with Gasteiger partial charge in [-0.2, -0.15) is 13.1 Å². The number of benzene rings is 1. The molecule has 0 radical (unpaired) electrons. The summed E-state index contributed by atoms with van der Waals surface area (Å²) in [5.41, 5.74) is 0.770. The van der Waals surface area contributed by atoms with Gasteiger partial charge in [-0.1, -0.05) is 18.6 Å². The predicted octanol–water partition coefficient (Wildman–Crippen LogP) is 3.73.